The van der Waals surface area contributed by atoms with Gasteiger partial charge in [0.05, 0.1) is 18.2 Å². The first-order valence-electron chi connectivity index (χ1n) is 10.5. The molecule has 3 fully saturated rings. The SMILES string of the molecule is Cc1noc([C@]23C[C@H](NC(=O)CN4CCCCCC4)C[C@H]2CN(S(C)(=O)=O)C3)n1. The van der Waals surface area contributed by atoms with Crippen LogP contribution in [0.1, 0.15) is 50.2 Å². The molecule has 162 valence electrons. The summed E-state index contributed by atoms with van der Waals surface area (Å²) in [7, 11) is -3.30. The van der Waals surface area contributed by atoms with Crippen LogP contribution in [0.3, 0.4) is 0 Å². The van der Waals surface area contributed by atoms with Crippen molar-refractivity contribution in [1.29, 1.82) is 0 Å². The zero-order valence-electron chi connectivity index (χ0n) is 17.3. The number of aryl methyl sites for hydroxylation is 1. The van der Waals surface area contributed by atoms with Crippen molar-refractivity contribution >= 4 is 15.9 Å². The number of aromatic nitrogens is 2. The van der Waals surface area contributed by atoms with Gasteiger partial charge in [0, 0.05) is 19.1 Å². The van der Waals surface area contributed by atoms with Crippen LogP contribution < -0.4 is 5.32 Å². The number of fused-ring (bicyclic) bond motifs is 1. The smallest absolute Gasteiger partial charge is 0.234 e. The summed E-state index contributed by atoms with van der Waals surface area (Å²) in [6.45, 7) is 4.92. The van der Waals surface area contributed by atoms with Crippen molar-refractivity contribution in [3.8, 4) is 0 Å². The molecule has 10 heteroatoms. The summed E-state index contributed by atoms with van der Waals surface area (Å²) in [5, 5.41) is 7.12. The van der Waals surface area contributed by atoms with E-state index in [0.29, 0.717) is 37.8 Å². The van der Waals surface area contributed by atoms with E-state index >= 15 is 0 Å². The normalized spacial score (nSPS) is 31.5. The molecule has 3 heterocycles. The average Bonchev–Trinajstić information content (AvgIpc) is 3.23. The van der Waals surface area contributed by atoms with Gasteiger partial charge in [-0.05, 0) is 51.6 Å². The van der Waals surface area contributed by atoms with Crippen molar-refractivity contribution in [2.24, 2.45) is 5.92 Å². The Morgan fingerprint density at radius 1 is 1.28 bits per heavy atom. The van der Waals surface area contributed by atoms with Gasteiger partial charge in [-0.1, -0.05) is 18.0 Å². The van der Waals surface area contributed by atoms with Gasteiger partial charge in [-0.25, -0.2) is 12.7 Å². The summed E-state index contributed by atoms with van der Waals surface area (Å²) in [6, 6.07) is -0.00612. The summed E-state index contributed by atoms with van der Waals surface area (Å²) in [5.41, 5.74) is -0.523. The van der Waals surface area contributed by atoms with E-state index in [-0.39, 0.29) is 17.9 Å². The Labute approximate surface area is 172 Å². The molecule has 0 radical (unpaired) electrons. The molecule has 0 aromatic carbocycles. The van der Waals surface area contributed by atoms with Gasteiger partial charge in [-0.3, -0.25) is 9.69 Å². The van der Waals surface area contributed by atoms with Crippen LogP contribution in [0.5, 0.6) is 0 Å². The van der Waals surface area contributed by atoms with E-state index in [1.165, 1.54) is 23.4 Å². The maximum absolute atomic E-state index is 12.7. The van der Waals surface area contributed by atoms with Crippen LogP contribution in [0, 0.1) is 12.8 Å². The van der Waals surface area contributed by atoms with Crippen molar-refractivity contribution in [3.63, 3.8) is 0 Å². The number of hydrogen-bond donors (Lipinski definition) is 1. The van der Waals surface area contributed by atoms with Gasteiger partial charge in [0.1, 0.15) is 0 Å². The minimum absolute atomic E-state index is 0.00612. The number of rotatable bonds is 5. The molecule has 1 aromatic rings. The Morgan fingerprint density at radius 2 is 2.00 bits per heavy atom. The largest absolute Gasteiger partial charge is 0.352 e. The van der Waals surface area contributed by atoms with Crippen molar-refractivity contribution in [2.75, 3.05) is 39.0 Å². The topological polar surface area (TPSA) is 109 Å². The molecule has 2 aliphatic heterocycles. The van der Waals surface area contributed by atoms with Gasteiger partial charge >= 0.3 is 0 Å². The van der Waals surface area contributed by atoms with Crippen molar-refractivity contribution in [1.82, 2.24) is 24.7 Å². The van der Waals surface area contributed by atoms with E-state index in [1.807, 2.05) is 0 Å². The predicted molar refractivity (Wildman–Crippen MR) is 107 cm³/mol. The first-order valence-corrected chi connectivity index (χ1v) is 12.4. The molecule has 0 bridgehead atoms. The minimum atomic E-state index is -3.30. The molecule has 1 amide bonds. The number of amides is 1. The molecule has 3 aliphatic rings. The standard InChI is InChI=1S/C19H31N5O4S/c1-14-20-18(28-22-14)19-10-16(9-15(19)11-24(13-19)29(2,26)27)21-17(25)12-23-7-5-3-4-6-8-23/h15-16H,3-13H2,1-2H3,(H,21,25)/t15-,16+,19-/m0/s1. The molecule has 9 nitrogen and oxygen atoms in total. The Bertz CT molecular complexity index is 849. The first kappa shape index (κ1) is 20.7. The summed E-state index contributed by atoms with van der Waals surface area (Å²) in [6.07, 6.45) is 7.37. The Balaban J connectivity index is 1.45. The zero-order chi connectivity index (χ0) is 20.6. The monoisotopic (exact) mass is 425 g/mol. The second-order valence-corrected chi connectivity index (χ2v) is 10.9. The predicted octanol–water partition coefficient (Wildman–Crippen LogP) is 0.662. The maximum atomic E-state index is 12.7. The molecule has 1 N–H and O–H groups in total. The fourth-order valence-electron chi connectivity index (χ4n) is 5.29. The van der Waals surface area contributed by atoms with Crippen LogP contribution in [0.2, 0.25) is 0 Å². The van der Waals surface area contributed by atoms with Gasteiger partial charge in [0.2, 0.25) is 21.8 Å². The highest BCUT2D eigenvalue weighted by molar-refractivity contribution is 7.88. The Hall–Kier alpha value is -1.52. The minimum Gasteiger partial charge on any atom is -0.352 e. The molecular weight excluding hydrogens is 394 g/mol. The van der Waals surface area contributed by atoms with Crippen LogP contribution in [0.4, 0.5) is 0 Å². The summed E-state index contributed by atoms with van der Waals surface area (Å²) in [5.74, 6) is 1.14. The molecule has 1 saturated carbocycles. The maximum Gasteiger partial charge on any atom is 0.234 e. The van der Waals surface area contributed by atoms with Crippen LogP contribution in [-0.4, -0.2) is 78.7 Å². The lowest BCUT2D eigenvalue weighted by Crippen LogP contribution is -2.43. The molecule has 3 atom stereocenters. The van der Waals surface area contributed by atoms with Crippen LogP contribution in [0.15, 0.2) is 4.52 Å². The van der Waals surface area contributed by atoms with Crippen molar-refractivity contribution < 1.29 is 17.7 Å². The number of nitrogens with zero attached hydrogens (tertiary/aromatic N) is 4. The highest BCUT2D eigenvalue weighted by Gasteiger charge is 2.58. The van der Waals surface area contributed by atoms with Crippen LogP contribution in [0.25, 0.3) is 0 Å². The summed E-state index contributed by atoms with van der Waals surface area (Å²) in [4.78, 5) is 19.3. The van der Waals surface area contributed by atoms with Crippen LogP contribution in [-0.2, 0) is 20.2 Å². The lowest BCUT2D eigenvalue weighted by Gasteiger charge is -2.25. The number of nitrogens with one attached hydrogen (secondary N) is 1. The van der Waals surface area contributed by atoms with Gasteiger partial charge in [0.15, 0.2) is 5.82 Å². The molecule has 1 aromatic heterocycles. The van der Waals surface area contributed by atoms with E-state index in [1.54, 1.807) is 6.92 Å². The van der Waals surface area contributed by atoms with Crippen molar-refractivity contribution in [2.45, 2.75) is 56.9 Å². The average molecular weight is 426 g/mol. The van der Waals surface area contributed by atoms with Gasteiger partial charge < -0.3 is 9.84 Å². The second kappa shape index (κ2) is 7.96. The highest BCUT2D eigenvalue weighted by Crippen LogP contribution is 2.50. The van der Waals surface area contributed by atoms with Crippen LogP contribution >= 0.6 is 0 Å². The number of likely N-dealkylation sites (tertiary alicyclic amines) is 1. The van der Waals surface area contributed by atoms with E-state index in [0.717, 1.165) is 32.4 Å². The zero-order valence-corrected chi connectivity index (χ0v) is 18.1. The molecule has 0 spiro atoms. The quantitative estimate of drug-likeness (QED) is 0.738. The number of carbonyl (C=O) groups is 1. The Kier molecular flexibility index (Phi) is 5.69. The molecular formula is C19H31N5O4S. The third-order valence-corrected chi connectivity index (χ3v) is 7.91. The second-order valence-electron chi connectivity index (χ2n) is 8.95. The first-order chi connectivity index (χ1) is 13.8. The fourth-order valence-corrected chi connectivity index (χ4v) is 6.20. The Morgan fingerprint density at radius 3 is 2.62 bits per heavy atom. The number of carbonyl (C=O) groups excluding carboxylic acids is 1. The van der Waals surface area contributed by atoms with E-state index in [9.17, 15) is 13.2 Å². The van der Waals surface area contributed by atoms with Crippen molar-refractivity contribution in [3.05, 3.63) is 11.7 Å². The van der Waals surface area contributed by atoms with Gasteiger partial charge in [0.25, 0.3) is 0 Å². The van der Waals surface area contributed by atoms with Gasteiger partial charge in [-0.15, -0.1) is 0 Å². The van der Waals surface area contributed by atoms with E-state index < -0.39 is 15.4 Å². The number of hydrogen-bond acceptors (Lipinski definition) is 7. The van der Waals surface area contributed by atoms with Gasteiger partial charge in [-0.2, -0.15) is 4.98 Å². The third-order valence-electron chi connectivity index (χ3n) is 6.70. The lowest BCUT2D eigenvalue weighted by molar-refractivity contribution is -0.123. The third kappa shape index (κ3) is 4.34. The lowest BCUT2D eigenvalue weighted by atomic mass is 9.80. The molecule has 0 unspecified atom stereocenters. The molecule has 4 rings (SSSR count). The molecule has 29 heavy (non-hydrogen) atoms. The fraction of sp³-hybridized carbons (Fsp3) is 0.842. The van der Waals surface area contributed by atoms with E-state index in [2.05, 4.69) is 20.4 Å². The summed E-state index contributed by atoms with van der Waals surface area (Å²) < 4.78 is 31.3. The van der Waals surface area contributed by atoms with E-state index in [4.69, 9.17) is 4.52 Å². The molecule has 1 aliphatic carbocycles. The number of sulfonamides is 1. The molecule has 2 saturated heterocycles. The highest BCUT2D eigenvalue weighted by atomic mass is 32.2. The summed E-state index contributed by atoms with van der Waals surface area (Å²) >= 11 is 0.